The Morgan fingerprint density at radius 1 is 1.30 bits per heavy atom. The molecule has 0 saturated carbocycles. The zero-order valence-corrected chi connectivity index (χ0v) is 13.0. The third-order valence-corrected chi connectivity index (χ3v) is 4.00. The quantitative estimate of drug-likeness (QED) is 0.493. The number of unbranched alkanes of at least 4 members (excludes halogenated alkanes) is 2. The fraction of sp³-hybridized carbons (Fsp3) is 0.333. The number of carbonyl (C=O) groups excluding carboxylic acids is 1. The van der Waals surface area contributed by atoms with Crippen LogP contribution in [-0.4, -0.2) is 16.8 Å². The van der Waals surface area contributed by atoms with E-state index in [0.29, 0.717) is 9.23 Å². The Bertz CT molecular complexity index is 523. The molecule has 0 aliphatic carbocycles. The van der Waals surface area contributed by atoms with Crippen molar-refractivity contribution in [2.45, 2.75) is 26.2 Å². The average molecular weight is 307 g/mol. The van der Waals surface area contributed by atoms with Crippen LogP contribution in [0.25, 0.3) is 6.08 Å². The molecule has 1 aromatic rings. The van der Waals surface area contributed by atoms with Crippen LogP contribution >= 0.6 is 24.0 Å². The van der Waals surface area contributed by atoms with Crippen LogP contribution < -0.4 is 10.1 Å². The average Bonchev–Trinajstić information content (AvgIpc) is 2.75. The van der Waals surface area contributed by atoms with Gasteiger partial charge in [-0.3, -0.25) is 4.79 Å². The molecule has 0 radical (unpaired) electrons. The number of nitrogens with one attached hydrogen (secondary N) is 1. The Morgan fingerprint density at radius 3 is 2.65 bits per heavy atom. The van der Waals surface area contributed by atoms with Gasteiger partial charge in [0.05, 0.1) is 11.5 Å². The van der Waals surface area contributed by atoms with Crippen molar-refractivity contribution in [3.63, 3.8) is 0 Å². The van der Waals surface area contributed by atoms with Crippen molar-refractivity contribution in [2.24, 2.45) is 0 Å². The Morgan fingerprint density at radius 2 is 2.05 bits per heavy atom. The molecule has 5 heteroatoms. The van der Waals surface area contributed by atoms with Gasteiger partial charge in [0.2, 0.25) is 0 Å². The number of carbonyl (C=O) groups is 1. The van der Waals surface area contributed by atoms with Gasteiger partial charge >= 0.3 is 0 Å². The molecule has 0 bridgehead atoms. The number of amides is 1. The second-order valence-electron chi connectivity index (χ2n) is 4.48. The van der Waals surface area contributed by atoms with Crippen LogP contribution in [-0.2, 0) is 4.79 Å². The Labute approximate surface area is 128 Å². The third kappa shape index (κ3) is 4.35. The van der Waals surface area contributed by atoms with Crippen LogP contribution in [0.15, 0.2) is 29.2 Å². The largest absolute Gasteiger partial charge is 0.494 e. The molecule has 1 aliphatic rings. The molecule has 1 aliphatic heterocycles. The van der Waals surface area contributed by atoms with Gasteiger partial charge in [-0.2, -0.15) is 0 Å². The smallest absolute Gasteiger partial charge is 0.263 e. The van der Waals surface area contributed by atoms with Crippen LogP contribution in [0.1, 0.15) is 31.7 Å². The molecule has 1 aromatic carbocycles. The van der Waals surface area contributed by atoms with Gasteiger partial charge in [-0.05, 0) is 30.2 Å². The topological polar surface area (TPSA) is 38.3 Å². The van der Waals surface area contributed by atoms with Crippen LogP contribution in [0.5, 0.6) is 5.75 Å². The first-order valence-electron chi connectivity index (χ1n) is 6.67. The molecule has 0 unspecified atom stereocenters. The predicted molar refractivity (Wildman–Crippen MR) is 87.8 cm³/mol. The van der Waals surface area contributed by atoms with E-state index in [2.05, 4.69) is 12.2 Å². The second kappa shape index (κ2) is 7.45. The molecular formula is C15H17NO2S2. The highest BCUT2D eigenvalue weighted by molar-refractivity contribution is 8.26. The molecule has 1 N–H and O–H groups in total. The molecule has 1 amide bonds. The van der Waals surface area contributed by atoms with Crippen LogP contribution in [0.3, 0.4) is 0 Å². The third-order valence-electron chi connectivity index (χ3n) is 2.84. The zero-order valence-electron chi connectivity index (χ0n) is 11.3. The summed E-state index contributed by atoms with van der Waals surface area (Å²) in [7, 11) is 0. The highest BCUT2D eigenvalue weighted by atomic mass is 32.2. The maximum Gasteiger partial charge on any atom is 0.263 e. The van der Waals surface area contributed by atoms with Gasteiger partial charge in [-0.25, -0.2) is 0 Å². The van der Waals surface area contributed by atoms with Gasteiger partial charge in [0.25, 0.3) is 5.91 Å². The van der Waals surface area contributed by atoms with Crippen molar-refractivity contribution < 1.29 is 9.53 Å². The van der Waals surface area contributed by atoms with E-state index in [1.54, 1.807) is 0 Å². The minimum absolute atomic E-state index is 0.125. The summed E-state index contributed by atoms with van der Waals surface area (Å²) in [5.74, 6) is 0.738. The summed E-state index contributed by atoms with van der Waals surface area (Å²) in [5.41, 5.74) is 0.966. The highest BCUT2D eigenvalue weighted by Gasteiger charge is 2.21. The van der Waals surface area contributed by atoms with Crippen molar-refractivity contribution in [1.82, 2.24) is 5.32 Å². The number of benzene rings is 1. The maximum absolute atomic E-state index is 11.5. The van der Waals surface area contributed by atoms with Crippen molar-refractivity contribution in [2.75, 3.05) is 6.61 Å². The van der Waals surface area contributed by atoms with Gasteiger partial charge in [0, 0.05) is 0 Å². The first-order valence-corrected chi connectivity index (χ1v) is 7.89. The summed E-state index contributed by atoms with van der Waals surface area (Å²) >= 11 is 6.24. The molecule has 0 aromatic heterocycles. The first-order chi connectivity index (χ1) is 9.69. The molecule has 106 valence electrons. The van der Waals surface area contributed by atoms with Crippen molar-refractivity contribution in [3.8, 4) is 5.75 Å². The first kappa shape index (κ1) is 15.1. The maximum atomic E-state index is 11.5. The van der Waals surface area contributed by atoms with E-state index >= 15 is 0 Å². The standard InChI is InChI=1S/C15H17NO2S2/c1-2-3-4-9-18-12-7-5-11(6-8-12)10-13-14(17)16-15(19)20-13/h5-8,10H,2-4,9H2,1H3,(H,16,17,19)/b13-10+. The number of hydrogen-bond donors (Lipinski definition) is 1. The molecule has 20 heavy (non-hydrogen) atoms. The number of ether oxygens (including phenoxy) is 1. The lowest BCUT2D eigenvalue weighted by Crippen LogP contribution is -2.17. The zero-order chi connectivity index (χ0) is 14.4. The fourth-order valence-corrected chi connectivity index (χ4v) is 2.82. The number of thiocarbonyl (C=S) groups is 1. The molecule has 1 saturated heterocycles. The molecule has 1 fully saturated rings. The number of thioether (sulfide) groups is 1. The Balaban J connectivity index is 1.93. The monoisotopic (exact) mass is 307 g/mol. The van der Waals surface area contributed by atoms with Crippen molar-refractivity contribution >= 4 is 40.3 Å². The summed E-state index contributed by atoms with van der Waals surface area (Å²) < 4.78 is 6.16. The molecule has 2 rings (SSSR count). The fourth-order valence-electron chi connectivity index (χ4n) is 1.77. The minimum Gasteiger partial charge on any atom is -0.494 e. The summed E-state index contributed by atoms with van der Waals surface area (Å²) in [5, 5.41) is 2.60. The molecule has 0 spiro atoms. The van der Waals surface area contributed by atoms with Gasteiger partial charge in [-0.15, -0.1) is 0 Å². The summed E-state index contributed by atoms with van der Waals surface area (Å²) in [6, 6.07) is 7.73. The van der Waals surface area contributed by atoms with Crippen LogP contribution in [0.2, 0.25) is 0 Å². The number of hydrogen-bond acceptors (Lipinski definition) is 4. The lowest BCUT2D eigenvalue weighted by molar-refractivity contribution is -0.115. The van der Waals surface area contributed by atoms with E-state index in [1.807, 2.05) is 30.3 Å². The summed E-state index contributed by atoms with van der Waals surface area (Å²) in [6.45, 7) is 2.92. The van der Waals surface area contributed by atoms with Crippen molar-refractivity contribution in [3.05, 3.63) is 34.7 Å². The van der Waals surface area contributed by atoms with Crippen LogP contribution in [0.4, 0.5) is 0 Å². The Kier molecular flexibility index (Phi) is 5.61. The predicted octanol–water partition coefficient (Wildman–Crippen LogP) is 3.74. The minimum atomic E-state index is -0.125. The summed E-state index contributed by atoms with van der Waals surface area (Å²) in [4.78, 5) is 12.2. The van der Waals surface area contributed by atoms with E-state index in [-0.39, 0.29) is 5.91 Å². The lowest BCUT2D eigenvalue weighted by atomic mass is 10.2. The van der Waals surface area contributed by atoms with Gasteiger partial charge in [0.15, 0.2) is 0 Å². The molecule has 3 nitrogen and oxygen atoms in total. The highest BCUT2D eigenvalue weighted by Crippen LogP contribution is 2.26. The van der Waals surface area contributed by atoms with E-state index in [4.69, 9.17) is 17.0 Å². The Hall–Kier alpha value is -1.33. The van der Waals surface area contributed by atoms with Gasteiger partial charge in [-0.1, -0.05) is 55.9 Å². The van der Waals surface area contributed by atoms with Crippen LogP contribution in [0, 0.1) is 0 Å². The second-order valence-corrected chi connectivity index (χ2v) is 6.20. The van der Waals surface area contributed by atoms with Gasteiger partial charge < -0.3 is 10.1 Å². The normalized spacial score (nSPS) is 16.6. The lowest BCUT2D eigenvalue weighted by Gasteiger charge is -2.05. The van der Waals surface area contributed by atoms with Crippen molar-refractivity contribution in [1.29, 1.82) is 0 Å². The van der Waals surface area contributed by atoms with E-state index in [9.17, 15) is 4.79 Å². The molecule has 0 atom stereocenters. The van der Waals surface area contributed by atoms with Gasteiger partial charge in [0.1, 0.15) is 10.1 Å². The SMILES string of the molecule is CCCCCOc1ccc(/C=C2/SC(=S)NC2=O)cc1. The van der Waals surface area contributed by atoms with E-state index in [0.717, 1.165) is 24.3 Å². The summed E-state index contributed by atoms with van der Waals surface area (Å²) in [6.07, 6.45) is 5.30. The van der Waals surface area contributed by atoms with E-state index < -0.39 is 0 Å². The molecule has 1 heterocycles. The van der Waals surface area contributed by atoms with E-state index in [1.165, 1.54) is 24.6 Å². The number of rotatable bonds is 6. The molecular weight excluding hydrogens is 290 g/mol.